The van der Waals surface area contributed by atoms with E-state index in [0.717, 1.165) is 21.9 Å². The second-order valence-electron chi connectivity index (χ2n) is 11.5. The fraction of sp³-hybridized carbons (Fsp3) is 0. The zero-order valence-electron chi connectivity index (χ0n) is 42.4. The van der Waals surface area contributed by atoms with Gasteiger partial charge in [0.25, 0.3) is 0 Å². The Labute approximate surface area is 308 Å². The first kappa shape index (κ1) is 15.6. The van der Waals surface area contributed by atoms with Crippen LogP contribution in [0.4, 0.5) is 0 Å². The van der Waals surface area contributed by atoms with Crippen molar-refractivity contribution in [1.82, 2.24) is 0 Å². The van der Waals surface area contributed by atoms with E-state index in [-0.39, 0.29) is 16.7 Å². The Hall–Kier alpha value is -6.44. The van der Waals surface area contributed by atoms with Gasteiger partial charge in [-0.3, -0.25) is 0 Å². The average molecular weight is 640 g/mol. The molecule has 0 aliphatic rings. The van der Waals surface area contributed by atoms with Crippen LogP contribution in [-0.2, 0) is 0 Å². The molecule has 1 nitrogen and oxygen atoms in total. The molecule has 10 aromatic rings. The second-order valence-corrected chi connectivity index (χ2v) is 11.5. The highest BCUT2D eigenvalue weighted by Gasteiger charge is 2.19. The second kappa shape index (κ2) is 11.1. The van der Waals surface area contributed by atoms with E-state index in [1.807, 2.05) is 60.7 Å². The van der Waals surface area contributed by atoms with Crippen molar-refractivity contribution in [2.24, 2.45) is 0 Å². The van der Waals surface area contributed by atoms with Crippen LogP contribution in [0.25, 0.3) is 98.8 Å². The predicted molar refractivity (Wildman–Crippen MR) is 208 cm³/mol. The zero-order valence-corrected chi connectivity index (χ0v) is 25.4. The van der Waals surface area contributed by atoms with E-state index >= 15 is 0 Å². The topological polar surface area (TPSA) is 13.1 Å². The van der Waals surface area contributed by atoms with Gasteiger partial charge in [-0.15, -0.1) is 0 Å². The van der Waals surface area contributed by atoms with Gasteiger partial charge in [-0.05, 0) is 77.8 Å². The molecule has 0 N–H and O–H groups in total. The summed E-state index contributed by atoms with van der Waals surface area (Å²) in [6.07, 6.45) is 0. The molecule has 0 spiro atoms. The minimum Gasteiger partial charge on any atom is -0.455 e. The standard InChI is InChI=1S/C48H30O/c1-2-14-32(15-3-1)45-39-19-6-8-21-41(39)46(42-22-9-7-20-40(42)45)36-18-10-17-34(30-36)37-23-11-25-43-44-26-12-24-38(48(44)49-47(37)43)35-28-27-31-13-4-5-16-33(31)29-35/h1-30H/i1D,2D,3D,6D,7D,8D,9D,10D,14D,15D,17D,18D,19D,20D,21D,22D,30D. The molecule has 0 aliphatic heterocycles. The SMILES string of the molecule is [2H]c1c([2H])c([2H])c(-c2c3c([2H])c([2H])c([2H])c([2H])c3c(-c3c([2H])c([2H])c([2H])c(-c4cccc5c4oc4c(-c6ccc7ccccc7c6)cccc45)c3[2H])c3c([2H])c([2H])c([2H])c([2H])c23)c([2H])c1[2H]. The molecule has 9 aromatic carbocycles. The summed E-state index contributed by atoms with van der Waals surface area (Å²) in [5.41, 5.74) is 0.131. The molecule has 0 fully saturated rings. The van der Waals surface area contributed by atoms with Gasteiger partial charge in [0.15, 0.2) is 0 Å². The minimum absolute atomic E-state index is 0.158. The van der Waals surface area contributed by atoms with Crippen LogP contribution in [0.2, 0.25) is 0 Å². The third kappa shape index (κ3) is 4.40. The highest BCUT2D eigenvalue weighted by Crippen LogP contribution is 2.45. The van der Waals surface area contributed by atoms with Crippen molar-refractivity contribution in [3.8, 4) is 44.5 Å². The maximum atomic E-state index is 9.94. The number of hydrogen-bond donors (Lipinski definition) is 0. The highest BCUT2D eigenvalue weighted by molar-refractivity contribution is 6.21. The summed E-state index contributed by atoms with van der Waals surface area (Å²) in [7, 11) is 0. The molecule has 0 saturated heterocycles. The molecule has 0 unspecified atom stereocenters. The van der Waals surface area contributed by atoms with Crippen molar-refractivity contribution >= 4 is 54.3 Å². The van der Waals surface area contributed by atoms with Crippen molar-refractivity contribution in [2.45, 2.75) is 0 Å². The molecule has 0 aliphatic carbocycles. The van der Waals surface area contributed by atoms with Crippen LogP contribution in [0.1, 0.15) is 23.3 Å². The molecule has 0 saturated carbocycles. The van der Waals surface area contributed by atoms with Gasteiger partial charge in [0.05, 0.1) is 23.3 Å². The maximum absolute atomic E-state index is 9.94. The summed E-state index contributed by atoms with van der Waals surface area (Å²) in [4.78, 5) is 0. The molecule has 1 heteroatoms. The Morgan fingerprint density at radius 2 is 0.898 bits per heavy atom. The lowest BCUT2D eigenvalue weighted by atomic mass is 9.85. The lowest BCUT2D eigenvalue weighted by molar-refractivity contribution is 0.671. The monoisotopic (exact) mass is 639 g/mol. The van der Waals surface area contributed by atoms with Crippen LogP contribution in [0, 0.1) is 0 Å². The van der Waals surface area contributed by atoms with Crippen LogP contribution in [0.15, 0.2) is 186 Å². The Morgan fingerprint density at radius 3 is 1.55 bits per heavy atom. The van der Waals surface area contributed by atoms with E-state index < -0.39 is 147 Å². The van der Waals surface area contributed by atoms with Crippen LogP contribution in [0.3, 0.4) is 0 Å². The Morgan fingerprint density at radius 1 is 0.367 bits per heavy atom. The van der Waals surface area contributed by atoms with Crippen molar-refractivity contribution in [2.75, 3.05) is 0 Å². The van der Waals surface area contributed by atoms with E-state index in [1.54, 1.807) is 18.2 Å². The summed E-state index contributed by atoms with van der Waals surface area (Å²) in [5.74, 6) is 0. The molecule has 0 amide bonds. The van der Waals surface area contributed by atoms with Gasteiger partial charge in [-0.25, -0.2) is 0 Å². The predicted octanol–water partition coefficient (Wildman–Crippen LogP) is 13.7. The molecular formula is C48H30O. The van der Waals surface area contributed by atoms with Gasteiger partial charge >= 0.3 is 0 Å². The molecule has 1 aromatic heterocycles. The zero-order chi connectivity index (χ0) is 47.1. The molecule has 0 bridgehead atoms. The van der Waals surface area contributed by atoms with E-state index in [1.165, 1.54) is 0 Å². The van der Waals surface area contributed by atoms with E-state index in [0.29, 0.717) is 16.4 Å². The highest BCUT2D eigenvalue weighted by atomic mass is 16.3. The summed E-state index contributed by atoms with van der Waals surface area (Å²) < 4.78 is 160. The Kier molecular flexibility index (Phi) is 3.54. The lowest BCUT2D eigenvalue weighted by Gasteiger charge is -2.18. The average Bonchev–Trinajstić information content (AvgIpc) is 3.71. The summed E-state index contributed by atoms with van der Waals surface area (Å²) in [6, 6.07) is 11.4. The molecule has 49 heavy (non-hydrogen) atoms. The Bertz CT molecular complexity index is 3750. The smallest absolute Gasteiger partial charge is 0.143 e. The first-order chi connectivity index (χ1) is 31.4. The van der Waals surface area contributed by atoms with Gasteiger partial charge in [0.1, 0.15) is 11.2 Å². The van der Waals surface area contributed by atoms with Crippen molar-refractivity contribution in [3.05, 3.63) is 182 Å². The Balaban J connectivity index is 1.38. The quantitative estimate of drug-likeness (QED) is 0.175. The largest absolute Gasteiger partial charge is 0.455 e. The van der Waals surface area contributed by atoms with Gasteiger partial charge in [-0.2, -0.15) is 0 Å². The van der Waals surface area contributed by atoms with Gasteiger partial charge in [-0.1, -0.05) is 169 Å². The normalized spacial score (nSPS) is 16.5. The van der Waals surface area contributed by atoms with Gasteiger partial charge < -0.3 is 4.42 Å². The number of para-hydroxylation sites is 2. The number of fused-ring (bicyclic) bond motifs is 6. The van der Waals surface area contributed by atoms with Gasteiger partial charge in [0, 0.05) is 21.9 Å². The van der Waals surface area contributed by atoms with Crippen LogP contribution in [-0.4, -0.2) is 0 Å². The number of benzene rings is 9. The molecule has 228 valence electrons. The van der Waals surface area contributed by atoms with Gasteiger partial charge in [0.2, 0.25) is 0 Å². The van der Waals surface area contributed by atoms with Crippen molar-refractivity contribution < 1.29 is 27.7 Å². The first-order valence-electron chi connectivity index (χ1n) is 24.0. The molecular weight excluding hydrogens is 593 g/mol. The number of furan rings is 1. The molecule has 1 heterocycles. The fourth-order valence-corrected chi connectivity index (χ4v) is 6.70. The van der Waals surface area contributed by atoms with Crippen molar-refractivity contribution in [1.29, 1.82) is 0 Å². The van der Waals surface area contributed by atoms with E-state index in [9.17, 15) is 11.0 Å². The summed E-state index contributed by atoms with van der Waals surface area (Å²) in [5, 5.41) is 1.29. The summed E-state index contributed by atoms with van der Waals surface area (Å²) in [6.45, 7) is 0. The first-order valence-corrected chi connectivity index (χ1v) is 15.5. The summed E-state index contributed by atoms with van der Waals surface area (Å²) >= 11 is 0. The van der Waals surface area contributed by atoms with Crippen LogP contribution < -0.4 is 0 Å². The number of hydrogen-bond acceptors (Lipinski definition) is 1. The molecule has 10 rings (SSSR count). The van der Waals surface area contributed by atoms with Crippen LogP contribution in [0.5, 0.6) is 0 Å². The minimum atomic E-state index is -0.826. The third-order valence-corrected chi connectivity index (χ3v) is 8.85. The van der Waals surface area contributed by atoms with Crippen molar-refractivity contribution in [3.63, 3.8) is 0 Å². The lowest BCUT2D eigenvalue weighted by Crippen LogP contribution is -1.91. The number of rotatable bonds is 4. The third-order valence-electron chi connectivity index (χ3n) is 8.85. The molecule has 0 radical (unpaired) electrons. The molecule has 0 atom stereocenters. The fourth-order valence-electron chi connectivity index (χ4n) is 6.70. The van der Waals surface area contributed by atoms with Crippen LogP contribution >= 0.6 is 0 Å². The van der Waals surface area contributed by atoms with E-state index in [4.69, 9.17) is 16.8 Å². The maximum Gasteiger partial charge on any atom is 0.143 e. The van der Waals surface area contributed by atoms with E-state index in [2.05, 4.69) is 0 Å².